The minimum atomic E-state index is -2.64. The van der Waals surface area contributed by atoms with Crippen LogP contribution >= 0.6 is 34.8 Å². The number of alkyl halides is 2. The molecule has 6 heteroatoms. The van der Waals surface area contributed by atoms with Crippen LogP contribution in [-0.2, 0) is 0 Å². The summed E-state index contributed by atoms with van der Waals surface area (Å²) in [7, 11) is 1.46. The maximum Gasteiger partial charge on any atom is 0.264 e. The molecule has 106 valence electrons. The van der Waals surface area contributed by atoms with Crippen LogP contribution < -0.4 is 4.74 Å². The van der Waals surface area contributed by atoms with Crippen molar-refractivity contribution < 1.29 is 13.5 Å². The van der Waals surface area contributed by atoms with E-state index in [9.17, 15) is 8.78 Å². The number of halogens is 5. The van der Waals surface area contributed by atoms with Crippen LogP contribution in [0.2, 0.25) is 15.1 Å². The van der Waals surface area contributed by atoms with Crippen molar-refractivity contribution >= 4 is 34.8 Å². The van der Waals surface area contributed by atoms with Gasteiger partial charge < -0.3 is 4.74 Å². The van der Waals surface area contributed by atoms with Gasteiger partial charge in [-0.1, -0.05) is 34.8 Å². The molecule has 0 aromatic heterocycles. The number of ether oxygens (including phenoxy) is 1. The van der Waals surface area contributed by atoms with E-state index in [1.54, 1.807) is 0 Å². The summed E-state index contributed by atoms with van der Waals surface area (Å²) in [4.78, 5) is 0. The first-order valence-electron chi connectivity index (χ1n) is 5.55. The molecular formula is C14H9Cl3F2O. The molecule has 0 N–H and O–H groups in total. The topological polar surface area (TPSA) is 9.23 Å². The van der Waals surface area contributed by atoms with E-state index in [2.05, 4.69) is 0 Å². The number of rotatable bonds is 3. The summed E-state index contributed by atoms with van der Waals surface area (Å²) >= 11 is 17.9. The Bertz CT molecular complexity index is 645. The van der Waals surface area contributed by atoms with Crippen molar-refractivity contribution in [1.82, 2.24) is 0 Å². The van der Waals surface area contributed by atoms with E-state index < -0.39 is 6.43 Å². The normalized spacial score (nSPS) is 10.9. The molecule has 0 saturated carbocycles. The van der Waals surface area contributed by atoms with Gasteiger partial charge in [-0.2, -0.15) is 0 Å². The Morgan fingerprint density at radius 2 is 1.55 bits per heavy atom. The van der Waals surface area contributed by atoms with Crippen LogP contribution in [0.4, 0.5) is 8.78 Å². The van der Waals surface area contributed by atoms with Gasteiger partial charge in [-0.05, 0) is 35.9 Å². The number of benzene rings is 2. The smallest absolute Gasteiger partial charge is 0.264 e. The zero-order valence-corrected chi connectivity index (χ0v) is 12.5. The first kappa shape index (κ1) is 15.4. The zero-order chi connectivity index (χ0) is 14.9. The van der Waals surface area contributed by atoms with E-state index in [1.165, 1.54) is 37.4 Å². The number of hydrogen-bond acceptors (Lipinski definition) is 1. The van der Waals surface area contributed by atoms with E-state index in [0.717, 1.165) is 0 Å². The van der Waals surface area contributed by atoms with Crippen molar-refractivity contribution in [2.45, 2.75) is 6.43 Å². The van der Waals surface area contributed by atoms with Crippen LogP contribution in [0.15, 0.2) is 30.3 Å². The number of hydrogen-bond donors (Lipinski definition) is 0. The van der Waals surface area contributed by atoms with Gasteiger partial charge in [-0.3, -0.25) is 0 Å². The van der Waals surface area contributed by atoms with Crippen molar-refractivity contribution in [3.05, 3.63) is 51.0 Å². The van der Waals surface area contributed by atoms with Crippen LogP contribution in [0.25, 0.3) is 11.1 Å². The lowest BCUT2D eigenvalue weighted by Gasteiger charge is -2.13. The second-order valence-corrected chi connectivity index (χ2v) is 5.22. The average Bonchev–Trinajstić information content (AvgIpc) is 2.42. The van der Waals surface area contributed by atoms with Gasteiger partial charge in [0.2, 0.25) is 0 Å². The van der Waals surface area contributed by atoms with Crippen LogP contribution in [0.1, 0.15) is 12.0 Å². The Morgan fingerprint density at radius 3 is 2.15 bits per heavy atom. The maximum absolute atomic E-state index is 13.1. The van der Waals surface area contributed by atoms with E-state index in [1.807, 2.05) is 0 Å². The highest BCUT2D eigenvalue weighted by molar-refractivity contribution is 6.44. The molecule has 0 unspecified atom stereocenters. The quantitative estimate of drug-likeness (QED) is 0.601. The van der Waals surface area contributed by atoms with Gasteiger partial charge in [0, 0.05) is 16.1 Å². The van der Waals surface area contributed by atoms with Gasteiger partial charge >= 0.3 is 0 Å². The van der Waals surface area contributed by atoms with Gasteiger partial charge in [0.15, 0.2) is 0 Å². The molecule has 2 rings (SSSR count). The summed E-state index contributed by atoms with van der Waals surface area (Å²) in [6.45, 7) is 0. The third-order valence-corrected chi connectivity index (χ3v) is 3.83. The van der Waals surface area contributed by atoms with Gasteiger partial charge in [0.25, 0.3) is 6.43 Å². The Balaban J connectivity index is 2.70. The summed E-state index contributed by atoms with van der Waals surface area (Å²) in [6, 6.07) is 7.16. The minimum absolute atomic E-state index is 0.147. The van der Waals surface area contributed by atoms with Gasteiger partial charge in [0.1, 0.15) is 5.75 Å². The Morgan fingerprint density at radius 1 is 0.900 bits per heavy atom. The number of methoxy groups -OCH3 is 1. The first-order valence-corrected chi connectivity index (χ1v) is 6.68. The van der Waals surface area contributed by atoms with E-state index >= 15 is 0 Å². The fourth-order valence-electron chi connectivity index (χ4n) is 1.81. The van der Waals surface area contributed by atoms with Gasteiger partial charge in [0.05, 0.1) is 17.2 Å². The highest BCUT2D eigenvalue weighted by Gasteiger charge is 2.18. The maximum atomic E-state index is 13.1. The molecule has 2 aromatic carbocycles. The predicted molar refractivity (Wildman–Crippen MR) is 78.4 cm³/mol. The summed E-state index contributed by atoms with van der Waals surface area (Å²) in [5.74, 6) is 0.450. The summed E-state index contributed by atoms with van der Waals surface area (Å²) in [5.41, 5.74) is 0.504. The van der Waals surface area contributed by atoms with Crippen LogP contribution in [-0.4, -0.2) is 7.11 Å². The molecule has 0 saturated heterocycles. The highest BCUT2D eigenvalue weighted by atomic mass is 35.5. The average molecular weight is 338 g/mol. The lowest BCUT2D eigenvalue weighted by molar-refractivity contribution is 0.152. The molecule has 0 aliphatic rings. The lowest BCUT2D eigenvalue weighted by Crippen LogP contribution is -1.93. The molecule has 0 heterocycles. The van der Waals surface area contributed by atoms with E-state index in [-0.39, 0.29) is 26.2 Å². The van der Waals surface area contributed by atoms with Crippen molar-refractivity contribution in [1.29, 1.82) is 0 Å². The summed E-state index contributed by atoms with van der Waals surface area (Å²) in [5, 5.41) is 0.755. The van der Waals surface area contributed by atoms with E-state index in [4.69, 9.17) is 39.5 Å². The Labute approximate surface area is 130 Å². The molecule has 0 atom stereocenters. The second-order valence-electron chi connectivity index (χ2n) is 4.00. The fraction of sp³-hybridized carbons (Fsp3) is 0.143. The molecule has 0 aliphatic heterocycles. The second kappa shape index (κ2) is 6.17. The van der Waals surface area contributed by atoms with Gasteiger partial charge in [-0.25, -0.2) is 8.78 Å². The van der Waals surface area contributed by atoms with E-state index in [0.29, 0.717) is 11.3 Å². The highest BCUT2D eigenvalue weighted by Crippen LogP contribution is 2.40. The van der Waals surface area contributed by atoms with Crippen LogP contribution in [0, 0.1) is 0 Å². The molecule has 0 radical (unpaired) electrons. The monoisotopic (exact) mass is 336 g/mol. The molecule has 0 bridgehead atoms. The minimum Gasteiger partial charge on any atom is -0.497 e. The van der Waals surface area contributed by atoms with Crippen molar-refractivity contribution in [3.63, 3.8) is 0 Å². The Kier molecular flexibility index (Phi) is 4.74. The van der Waals surface area contributed by atoms with Crippen LogP contribution in [0.5, 0.6) is 5.75 Å². The molecule has 0 fully saturated rings. The first-order chi connectivity index (χ1) is 9.43. The molecule has 0 aliphatic carbocycles. The van der Waals surface area contributed by atoms with Crippen molar-refractivity contribution in [3.8, 4) is 16.9 Å². The molecule has 2 aromatic rings. The predicted octanol–water partition coefficient (Wildman–Crippen LogP) is 6.26. The Hall–Kier alpha value is -1.03. The zero-order valence-electron chi connectivity index (χ0n) is 10.3. The molecule has 0 spiro atoms. The SMILES string of the molecule is COc1ccc(C(F)F)c(-c2cc(Cl)c(Cl)cc2Cl)c1. The summed E-state index contributed by atoms with van der Waals surface area (Å²) in [6.07, 6.45) is -2.64. The van der Waals surface area contributed by atoms with Gasteiger partial charge in [-0.15, -0.1) is 0 Å². The molecule has 20 heavy (non-hydrogen) atoms. The summed E-state index contributed by atoms with van der Waals surface area (Å²) < 4.78 is 31.3. The third kappa shape index (κ3) is 3.00. The molecular weight excluding hydrogens is 329 g/mol. The standard InChI is InChI=1S/C14H9Cl3F2O/c1-20-7-2-3-8(14(18)19)9(4-7)10-5-12(16)13(17)6-11(10)15/h2-6,14H,1H3. The van der Waals surface area contributed by atoms with Crippen molar-refractivity contribution in [2.75, 3.05) is 7.11 Å². The fourth-order valence-corrected chi connectivity index (χ4v) is 2.46. The third-order valence-electron chi connectivity index (χ3n) is 2.80. The molecule has 0 amide bonds. The molecule has 1 nitrogen and oxygen atoms in total. The van der Waals surface area contributed by atoms with Crippen LogP contribution in [0.3, 0.4) is 0 Å². The largest absolute Gasteiger partial charge is 0.497 e. The lowest BCUT2D eigenvalue weighted by atomic mass is 9.99. The van der Waals surface area contributed by atoms with Crippen molar-refractivity contribution in [2.24, 2.45) is 0 Å².